The summed E-state index contributed by atoms with van der Waals surface area (Å²) in [6.45, 7) is 9.05. The Hall–Kier alpha value is -1.94. The Morgan fingerprint density at radius 3 is 2.03 bits per heavy atom. The van der Waals surface area contributed by atoms with Gasteiger partial charge in [-0.2, -0.15) is 4.31 Å². The normalized spacial score (nSPS) is 16.2. The third-order valence-corrected chi connectivity index (χ3v) is 9.53. The lowest BCUT2D eigenvalue weighted by Crippen LogP contribution is -2.48. The third-order valence-electron chi connectivity index (χ3n) is 5.95. The molecule has 1 saturated heterocycles. The molecular weight excluding hydrogens is 460 g/mol. The predicted molar refractivity (Wildman–Crippen MR) is 131 cm³/mol. The number of benzene rings is 2. The van der Waals surface area contributed by atoms with Gasteiger partial charge in [0.2, 0.25) is 10.0 Å². The van der Waals surface area contributed by atoms with Crippen LogP contribution in [0.25, 0.3) is 0 Å². The first-order valence-electron chi connectivity index (χ1n) is 11.4. The Morgan fingerprint density at radius 2 is 1.48 bits per heavy atom. The van der Waals surface area contributed by atoms with Crippen LogP contribution in [0.2, 0.25) is 0 Å². The van der Waals surface area contributed by atoms with Gasteiger partial charge in [0.05, 0.1) is 10.6 Å². The summed E-state index contributed by atoms with van der Waals surface area (Å²) in [7, 11) is -6.68. The molecule has 2 aromatic rings. The molecule has 0 N–H and O–H groups in total. The van der Waals surface area contributed by atoms with Crippen molar-refractivity contribution in [1.29, 1.82) is 0 Å². The molecule has 1 aliphatic heterocycles. The van der Waals surface area contributed by atoms with Gasteiger partial charge in [-0.3, -0.25) is 4.90 Å². The van der Waals surface area contributed by atoms with Gasteiger partial charge < -0.3 is 4.74 Å². The van der Waals surface area contributed by atoms with E-state index in [2.05, 4.69) is 43.0 Å². The van der Waals surface area contributed by atoms with Gasteiger partial charge in [0, 0.05) is 38.5 Å². The van der Waals surface area contributed by atoms with Gasteiger partial charge in [-0.05, 0) is 41.3 Å². The molecule has 3 rings (SSSR count). The lowest BCUT2D eigenvalue weighted by molar-refractivity contribution is 0.181. The quantitative estimate of drug-likeness (QED) is 0.505. The average molecular weight is 495 g/mol. The highest BCUT2D eigenvalue weighted by Gasteiger charge is 2.28. The van der Waals surface area contributed by atoms with Crippen molar-refractivity contribution in [3.8, 4) is 5.75 Å². The second-order valence-electron chi connectivity index (χ2n) is 8.63. The third kappa shape index (κ3) is 7.02. The standard InChI is InChI=1S/C24H34N2O5S2/c1-4-32(27,28)18-17-31-23-9-11-24(12-10-23)33(29,30)26-15-13-25(14-16-26)19-21-5-7-22(8-6-21)20(2)3/h5-12,20H,4,13-19H2,1-3H3. The van der Waals surface area contributed by atoms with Crippen LogP contribution in [0.3, 0.4) is 0 Å². The molecule has 182 valence electrons. The fraction of sp³-hybridized carbons (Fsp3) is 0.500. The fourth-order valence-corrected chi connectivity index (χ4v) is 5.73. The highest BCUT2D eigenvalue weighted by molar-refractivity contribution is 7.91. The summed E-state index contributed by atoms with van der Waals surface area (Å²) >= 11 is 0. The summed E-state index contributed by atoms with van der Waals surface area (Å²) in [4.78, 5) is 2.49. The van der Waals surface area contributed by atoms with Crippen LogP contribution in [-0.2, 0) is 26.4 Å². The number of hydrogen-bond donors (Lipinski definition) is 0. The molecule has 0 spiro atoms. The first kappa shape index (κ1) is 25.7. The number of hydrogen-bond acceptors (Lipinski definition) is 6. The van der Waals surface area contributed by atoms with E-state index in [-0.39, 0.29) is 23.0 Å². The van der Waals surface area contributed by atoms with Crippen LogP contribution in [0, 0.1) is 0 Å². The number of ether oxygens (including phenoxy) is 1. The van der Waals surface area contributed by atoms with Crippen LogP contribution in [0.4, 0.5) is 0 Å². The van der Waals surface area contributed by atoms with Crippen molar-refractivity contribution in [3.05, 3.63) is 59.7 Å². The van der Waals surface area contributed by atoms with Gasteiger partial charge in [0.1, 0.15) is 12.4 Å². The maximum absolute atomic E-state index is 13.0. The van der Waals surface area contributed by atoms with Gasteiger partial charge >= 0.3 is 0 Å². The van der Waals surface area contributed by atoms with E-state index >= 15 is 0 Å². The second-order valence-corrected chi connectivity index (χ2v) is 13.0. The first-order valence-corrected chi connectivity index (χ1v) is 14.6. The van der Waals surface area contributed by atoms with Gasteiger partial charge in [-0.15, -0.1) is 0 Å². The van der Waals surface area contributed by atoms with Crippen LogP contribution in [-0.4, -0.2) is 70.3 Å². The molecule has 2 aromatic carbocycles. The minimum Gasteiger partial charge on any atom is -0.493 e. The summed E-state index contributed by atoms with van der Waals surface area (Å²) in [6.07, 6.45) is 0. The van der Waals surface area contributed by atoms with Gasteiger partial charge in [0.25, 0.3) is 0 Å². The summed E-state index contributed by atoms with van der Waals surface area (Å²) in [5, 5.41) is 0. The Balaban J connectivity index is 1.52. The van der Waals surface area contributed by atoms with E-state index in [0.717, 1.165) is 6.54 Å². The maximum Gasteiger partial charge on any atom is 0.243 e. The molecule has 9 heteroatoms. The van der Waals surface area contributed by atoms with Crippen LogP contribution < -0.4 is 4.74 Å². The monoisotopic (exact) mass is 494 g/mol. The molecule has 0 amide bonds. The summed E-state index contributed by atoms with van der Waals surface area (Å²) < 4.78 is 56.1. The molecule has 7 nitrogen and oxygen atoms in total. The van der Waals surface area contributed by atoms with Crippen molar-refractivity contribution < 1.29 is 21.6 Å². The molecule has 0 aliphatic carbocycles. The Kier molecular flexibility index (Phi) is 8.55. The van der Waals surface area contributed by atoms with Crippen LogP contribution in [0.1, 0.15) is 37.8 Å². The van der Waals surface area contributed by atoms with Crippen molar-refractivity contribution in [2.75, 3.05) is 44.3 Å². The molecular formula is C24H34N2O5S2. The minimum atomic E-state index is -3.58. The maximum atomic E-state index is 13.0. The average Bonchev–Trinajstić information content (AvgIpc) is 2.80. The Labute approximate surface area is 198 Å². The number of sulfonamides is 1. The van der Waals surface area contributed by atoms with E-state index in [1.165, 1.54) is 27.6 Å². The molecule has 0 radical (unpaired) electrons. The number of sulfone groups is 1. The predicted octanol–water partition coefficient (Wildman–Crippen LogP) is 3.13. The highest BCUT2D eigenvalue weighted by atomic mass is 32.2. The van der Waals surface area contributed by atoms with E-state index in [0.29, 0.717) is 37.8 Å². The largest absolute Gasteiger partial charge is 0.493 e. The van der Waals surface area contributed by atoms with Crippen molar-refractivity contribution in [1.82, 2.24) is 9.21 Å². The SMILES string of the molecule is CCS(=O)(=O)CCOc1ccc(S(=O)(=O)N2CCN(Cc3ccc(C(C)C)cc3)CC2)cc1. The zero-order chi connectivity index (χ0) is 24.1. The summed E-state index contributed by atoms with van der Waals surface area (Å²) in [5.41, 5.74) is 2.55. The molecule has 0 aromatic heterocycles. The molecule has 0 unspecified atom stereocenters. The second kappa shape index (κ2) is 11.0. The van der Waals surface area contributed by atoms with Crippen molar-refractivity contribution in [3.63, 3.8) is 0 Å². The lowest BCUT2D eigenvalue weighted by Gasteiger charge is -2.34. The zero-order valence-corrected chi connectivity index (χ0v) is 21.2. The fourth-order valence-electron chi connectivity index (χ4n) is 3.68. The lowest BCUT2D eigenvalue weighted by atomic mass is 10.0. The smallest absolute Gasteiger partial charge is 0.243 e. The summed E-state index contributed by atoms with van der Waals surface area (Å²) in [6, 6.07) is 14.8. The number of piperazine rings is 1. The molecule has 0 saturated carbocycles. The minimum absolute atomic E-state index is 0.0461. The van der Waals surface area contributed by atoms with E-state index in [9.17, 15) is 16.8 Å². The van der Waals surface area contributed by atoms with Crippen LogP contribution >= 0.6 is 0 Å². The molecule has 1 aliphatic rings. The van der Waals surface area contributed by atoms with Gasteiger partial charge in [-0.1, -0.05) is 45.0 Å². The van der Waals surface area contributed by atoms with Crippen molar-refractivity contribution in [2.24, 2.45) is 0 Å². The van der Waals surface area contributed by atoms with E-state index in [4.69, 9.17) is 4.74 Å². The Morgan fingerprint density at radius 1 is 0.879 bits per heavy atom. The number of nitrogens with zero attached hydrogens (tertiary/aromatic N) is 2. The van der Waals surface area contributed by atoms with E-state index in [1.54, 1.807) is 19.1 Å². The van der Waals surface area contributed by atoms with Crippen molar-refractivity contribution in [2.45, 2.75) is 38.1 Å². The summed E-state index contributed by atoms with van der Waals surface area (Å²) in [5.74, 6) is 0.972. The van der Waals surface area contributed by atoms with E-state index in [1.807, 2.05) is 0 Å². The van der Waals surface area contributed by atoms with Gasteiger partial charge in [-0.25, -0.2) is 16.8 Å². The topological polar surface area (TPSA) is 84.0 Å². The molecule has 1 heterocycles. The van der Waals surface area contributed by atoms with Crippen LogP contribution in [0.5, 0.6) is 5.75 Å². The van der Waals surface area contributed by atoms with Crippen LogP contribution in [0.15, 0.2) is 53.4 Å². The molecule has 0 atom stereocenters. The molecule has 33 heavy (non-hydrogen) atoms. The zero-order valence-electron chi connectivity index (χ0n) is 19.6. The Bertz CT molecular complexity index is 1100. The van der Waals surface area contributed by atoms with E-state index < -0.39 is 19.9 Å². The van der Waals surface area contributed by atoms with Gasteiger partial charge in [0.15, 0.2) is 9.84 Å². The molecule has 0 bridgehead atoms. The number of rotatable bonds is 10. The molecule has 1 fully saturated rings. The van der Waals surface area contributed by atoms with Crippen molar-refractivity contribution >= 4 is 19.9 Å². The highest BCUT2D eigenvalue weighted by Crippen LogP contribution is 2.22. The first-order chi connectivity index (χ1) is 15.6.